The van der Waals surface area contributed by atoms with Gasteiger partial charge in [-0.3, -0.25) is 0 Å². The van der Waals surface area contributed by atoms with Gasteiger partial charge >= 0.3 is 12.1 Å². The number of halogens is 3. The third kappa shape index (κ3) is 5.08. The van der Waals surface area contributed by atoms with Crippen molar-refractivity contribution in [1.82, 2.24) is 4.98 Å². The summed E-state index contributed by atoms with van der Waals surface area (Å²) in [5.41, 5.74) is 0.746. The minimum atomic E-state index is -4.45. The Balaban J connectivity index is 2.33. The molecule has 0 aliphatic heterocycles. The van der Waals surface area contributed by atoms with Gasteiger partial charge in [0.05, 0.1) is 17.9 Å². The van der Waals surface area contributed by atoms with Gasteiger partial charge in [-0.15, -0.1) is 0 Å². The minimum absolute atomic E-state index is 0.223. The first-order chi connectivity index (χ1) is 12.2. The van der Waals surface area contributed by atoms with Crippen molar-refractivity contribution in [3.63, 3.8) is 0 Å². The fourth-order valence-electron chi connectivity index (χ4n) is 2.18. The molecule has 138 valence electrons. The number of hydrogen-bond acceptors (Lipinski definition) is 4. The molecule has 0 saturated heterocycles. The Labute approximate surface area is 149 Å². The standard InChI is InChI=1S/C19H19F3N2O2/c1-4-26-18(25)10-7-13-5-8-14(9-6-13)16-11-15(19(20,21)22)12-17(23-16)24(2)3/h5-12H,4H2,1-3H3/b10-7+. The minimum Gasteiger partial charge on any atom is -0.463 e. The number of hydrogen-bond donors (Lipinski definition) is 0. The lowest BCUT2D eigenvalue weighted by molar-refractivity contribution is -0.138. The molecule has 1 heterocycles. The zero-order chi connectivity index (χ0) is 19.3. The van der Waals surface area contributed by atoms with Gasteiger partial charge in [-0.25, -0.2) is 9.78 Å². The molecular weight excluding hydrogens is 345 g/mol. The molecule has 1 aromatic carbocycles. The van der Waals surface area contributed by atoms with Crippen LogP contribution in [-0.2, 0) is 15.7 Å². The lowest BCUT2D eigenvalue weighted by atomic mass is 10.1. The molecule has 0 aliphatic carbocycles. The highest BCUT2D eigenvalue weighted by molar-refractivity contribution is 5.87. The molecule has 0 bridgehead atoms. The largest absolute Gasteiger partial charge is 0.463 e. The first-order valence-electron chi connectivity index (χ1n) is 7.92. The van der Waals surface area contributed by atoms with Crippen LogP contribution >= 0.6 is 0 Å². The van der Waals surface area contributed by atoms with Crippen molar-refractivity contribution in [3.05, 3.63) is 53.6 Å². The van der Waals surface area contributed by atoms with E-state index in [9.17, 15) is 18.0 Å². The van der Waals surface area contributed by atoms with Crippen LogP contribution < -0.4 is 4.90 Å². The number of aromatic nitrogens is 1. The lowest BCUT2D eigenvalue weighted by Crippen LogP contribution is -2.14. The summed E-state index contributed by atoms with van der Waals surface area (Å²) in [4.78, 5) is 17.1. The van der Waals surface area contributed by atoms with Crippen LogP contribution in [0.1, 0.15) is 18.1 Å². The van der Waals surface area contributed by atoms with E-state index in [0.717, 1.165) is 17.7 Å². The average Bonchev–Trinajstić information content (AvgIpc) is 2.59. The van der Waals surface area contributed by atoms with Gasteiger partial charge in [-0.1, -0.05) is 24.3 Å². The third-order valence-corrected chi connectivity index (χ3v) is 3.50. The van der Waals surface area contributed by atoms with Gasteiger partial charge in [0, 0.05) is 25.7 Å². The van der Waals surface area contributed by atoms with Crippen molar-refractivity contribution in [2.24, 2.45) is 0 Å². The molecular formula is C19H19F3N2O2. The Morgan fingerprint density at radius 1 is 1.19 bits per heavy atom. The van der Waals surface area contributed by atoms with E-state index in [1.807, 2.05) is 0 Å². The number of benzene rings is 1. The normalized spacial score (nSPS) is 11.6. The molecule has 0 atom stereocenters. The predicted octanol–water partition coefficient (Wildman–Crippen LogP) is 4.41. The zero-order valence-electron chi connectivity index (χ0n) is 14.7. The highest BCUT2D eigenvalue weighted by Crippen LogP contribution is 2.33. The molecule has 0 unspecified atom stereocenters. The first-order valence-corrected chi connectivity index (χ1v) is 7.92. The predicted molar refractivity (Wildman–Crippen MR) is 94.7 cm³/mol. The third-order valence-electron chi connectivity index (χ3n) is 3.50. The maximum Gasteiger partial charge on any atom is 0.416 e. The van der Waals surface area contributed by atoms with Gasteiger partial charge in [0.2, 0.25) is 0 Å². The number of carbonyl (C=O) groups is 1. The Bertz CT molecular complexity index is 797. The SMILES string of the molecule is CCOC(=O)/C=C/c1ccc(-c2cc(C(F)(F)F)cc(N(C)C)n2)cc1. The number of carbonyl (C=O) groups excluding carboxylic acids is 1. The summed E-state index contributed by atoms with van der Waals surface area (Å²) in [5.74, 6) is -0.229. The number of ether oxygens (including phenoxy) is 1. The second kappa shape index (κ2) is 8.03. The number of alkyl halides is 3. The maximum atomic E-state index is 13.1. The molecule has 1 aromatic heterocycles. The highest BCUT2D eigenvalue weighted by atomic mass is 19.4. The smallest absolute Gasteiger partial charge is 0.416 e. The quantitative estimate of drug-likeness (QED) is 0.582. The molecule has 26 heavy (non-hydrogen) atoms. The van der Waals surface area contributed by atoms with E-state index in [1.54, 1.807) is 51.4 Å². The van der Waals surface area contributed by atoms with Crippen molar-refractivity contribution < 1.29 is 22.7 Å². The lowest BCUT2D eigenvalue weighted by Gasteiger charge is -2.16. The van der Waals surface area contributed by atoms with Crippen LogP contribution in [0.15, 0.2) is 42.5 Å². The van der Waals surface area contributed by atoms with Gasteiger partial charge in [0.1, 0.15) is 5.82 Å². The molecule has 0 saturated carbocycles. The van der Waals surface area contributed by atoms with Crippen LogP contribution in [-0.4, -0.2) is 31.7 Å². The van der Waals surface area contributed by atoms with Crippen molar-refractivity contribution in [1.29, 1.82) is 0 Å². The van der Waals surface area contributed by atoms with E-state index >= 15 is 0 Å². The van der Waals surface area contributed by atoms with Crippen LogP contribution in [0, 0.1) is 0 Å². The van der Waals surface area contributed by atoms with Crippen LogP contribution in [0.2, 0.25) is 0 Å². The van der Waals surface area contributed by atoms with Crippen molar-refractivity contribution in [2.75, 3.05) is 25.6 Å². The fourth-order valence-corrected chi connectivity index (χ4v) is 2.18. The fraction of sp³-hybridized carbons (Fsp3) is 0.263. The van der Waals surface area contributed by atoms with Crippen molar-refractivity contribution in [3.8, 4) is 11.3 Å². The van der Waals surface area contributed by atoms with Gasteiger partial charge in [-0.2, -0.15) is 13.2 Å². The molecule has 0 N–H and O–H groups in total. The number of nitrogens with zero attached hydrogens (tertiary/aromatic N) is 2. The summed E-state index contributed by atoms with van der Waals surface area (Å²) in [6, 6.07) is 8.75. The number of pyridine rings is 1. The van der Waals surface area contributed by atoms with E-state index < -0.39 is 17.7 Å². The maximum absolute atomic E-state index is 13.1. The van der Waals surface area contributed by atoms with Crippen molar-refractivity contribution in [2.45, 2.75) is 13.1 Å². The van der Waals surface area contributed by atoms with E-state index in [2.05, 4.69) is 4.98 Å². The monoisotopic (exact) mass is 364 g/mol. The Hall–Kier alpha value is -2.83. The van der Waals surface area contributed by atoms with Crippen molar-refractivity contribution >= 4 is 17.9 Å². The molecule has 2 aromatic rings. The summed E-state index contributed by atoms with van der Waals surface area (Å²) in [5, 5.41) is 0. The van der Waals surface area contributed by atoms with Crippen LogP contribution in [0.5, 0.6) is 0 Å². The highest BCUT2D eigenvalue weighted by Gasteiger charge is 2.32. The molecule has 2 rings (SSSR count). The molecule has 0 aliphatic rings. The molecule has 0 amide bonds. The summed E-state index contributed by atoms with van der Waals surface area (Å²) in [6.45, 7) is 2.00. The van der Waals surface area contributed by atoms with Gasteiger partial charge in [0.15, 0.2) is 0 Å². The zero-order valence-corrected chi connectivity index (χ0v) is 14.7. The van der Waals surface area contributed by atoms with Crippen LogP contribution in [0.4, 0.5) is 19.0 Å². The van der Waals surface area contributed by atoms with E-state index in [4.69, 9.17) is 4.74 Å². The van der Waals surface area contributed by atoms with E-state index in [-0.39, 0.29) is 18.1 Å². The summed E-state index contributed by atoms with van der Waals surface area (Å²) >= 11 is 0. The number of rotatable bonds is 5. The summed E-state index contributed by atoms with van der Waals surface area (Å²) in [7, 11) is 3.27. The number of esters is 1. The molecule has 0 spiro atoms. The first kappa shape index (κ1) is 19.5. The van der Waals surface area contributed by atoms with Gasteiger partial charge < -0.3 is 9.64 Å². The second-order valence-electron chi connectivity index (χ2n) is 5.70. The van der Waals surface area contributed by atoms with Crippen LogP contribution in [0.3, 0.4) is 0 Å². The second-order valence-corrected chi connectivity index (χ2v) is 5.70. The molecule has 7 heteroatoms. The Morgan fingerprint density at radius 3 is 2.38 bits per heavy atom. The molecule has 0 fully saturated rings. The summed E-state index contributed by atoms with van der Waals surface area (Å²) in [6.07, 6.45) is -1.58. The topological polar surface area (TPSA) is 42.4 Å². The summed E-state index contributed by atoms with van der Waals surface area (Å²) < 4.78 is 44.2. The average molecular weight is 364 g/mol. The molecule has 0 radical (unpaired) electrons. The van der Waals surface area contributed by atoms with E-state index in [0.29, 0.717) is 5.56 Å². The van der Waals surface area contributed by atoms with Gasteiger partial charge in [0.25, 0.3) is 0 Å². The Morgan fingerprint density at radius 2 is 1.85 bits per heavy atom. The van der Waals surface area contributed by atoms with E-state index in [1.165, 1.54) is 11.0 Å². The Kier molecular flexibility index (Phi) is 6.02. The van der Waals surface area contributed by atoms with Crippen LogP contribution in [0.25, 0.3) is 17.3 Å². The van der Waals surface area contributed by atoms with Gasteiger partial charge in [-0.05, 0) is 30.7 Å². The molecule has 4 nitrogen and oxygen atoms in total. The number of anilines is 1.